The number of halogens is 1. The number of nitrogens with two attached hydrogens (primary N) is 1. The Bertz CT molecular complexity index is 453. The smallest absolute Gasteiger partial charge is 0.225 e. The van der Waals surface area contributed by atoms with E-state index in [0.29, 0.717) is 12.1 Å². The molecule has 21 heavy (non-hydrogen) atoms. The molecule has 0 spiro atoms. The van der Waals surface area contributed by atoms with Crippen LogP contribution in [0.5, 0.6) is 0 Å². The molecule has 0 saturated carbocycles. The average Bonchev–Trinajstić information content (AvgIpc) is 2.47. The summed E-state index contributed by atoms with van der Waals surface area (Å²) < 4.78 is 13.0. The van der Waals surface area contributed by atoms with Gasteiger partial charge in [-0.05, 0) is 31.3 Å². The number of hydrogen-bond donors (Lipinski definition) is 2. The van der Waals surface area contributed by atoms with Gasteiger partial charge in [-0.2, -0.15) is 11.8 Å². The second kappa shape index (κ2) is 9.63. The molecule has 4 nitrogen and oxygen atoms in total. The number of anilines is 2. The molecule has 1 amide bonds. The molecule has 0 bridgehead atoms. The van der Waals surface area contributed by atoms with E-state index in [1.165, 1.54) is 18.2 Å². The lowest BCUT2D eigenvalue weighted by Crippen LogP contribution is -2.25. The molecular formula is C15H24FN3OS. The first-order chi connectivity index (χ1) is 10.1. The van der Waals surface area contributed by atoms with E-state index in [2.05, 4.69) is 24.1 Å². The SMILES string of the molecule is CCN(CC)CCSCCC(=O)Nc1ccc(F)c(N)c1. The minimum Gasteiger partial charge on any atom is -0.396 e. The predicted molar refractivity (Wildman–Crippen MR) is 89.2 cm³/mol. The molecule has 0 aliphatic carbocycles. The molecule has 6 heteroatoms. The molecule has 0 aliphatic rings. The van der Waals surface area contributed by atoms with Gasteiger partial charge in [0.1, 0.15) is 5.82 Å². The van der Waals surface area contributed by atoms with Crippen LogP contribution in [0.3, 0.4) is 0 Å². The zero-order valence-corrected chi connectivity index (χ0v) is 13.5. The molecule has 0 aliphatic heterocycles. The first-order valence-electron chi connectivity index (χ1n) is 7.21. The number of benzene rings is 1. The van der Waals surface area contributed by atoms with Crippen LogP contribution in [0.4, 0.5) is 15.8 Å². The van der Waals surface area contributed by atoms with Gasteiger partial charge in [-0.1, -0.05) is 13.8 Å². The third-order valence-corrected chi connectivity index (χ3v) is 4.16. The van der Waals surface area contributed by atoms with Crippen LogP contribution in [0.15, 0.2) is 18.2 Å². The minimum absolute atomic E-state index is 0.0430. The van der Waals surface area contributed by atoms with Crippen molar-refractivity contribution in [2.24, 2.45) is 0 Å². The molecular weight excluding hydrogens is 289 g/mol. The molecule has 0 heterocycles. The Morgan fingerprint density at radius 3 is 2.67 bits per heavy atom. The number of rotatable bonds is 9. The number of carbonyl (C=O) groups is 1. The average molecular weight is 313 g/mol. The molecule has 0 saturated heterocycles. The number of nitrogens with zero attached hydrogens (tertiary/aromatic N) is 1. The highest BCUT2D eigenvalue weighted by atomic mass is 32.2. The Labute approximate surface area is 130 Å². The molecule has 0 atom stereocenters. The second-order valence-corrected chi connectivity index (χ2v) is 5.90. The van der Waals surface area contributed by atoms with Gasteiger partial charge >= 0.3 is 0 Å². The lowest BCUT2D eigenvalue weighted by atomic mass is 10.2. The predicted octanol–water partition coefficient (Wildman–Crippen LogP) is 2.81. The molecule has 1 aromatic carbocycles. The third-order valence-electron chi connectivity index (χ3n) is 3.20. The van der Waals surface area contributed by atoms with Gasteiger partial charge in [0, 0.05) is 30.2 Å². The van der Waals surface area contributed by atoms with Gasteiger partial charge in [-0.25, -0.2) is 4.39 Å². The third kappa shape index (κ3) is 6.82. The number of nitrogens with one attached hydrogen (secondary N) is 1. The number of hydrogen-bond acceptors (Lipinski definition) is 4. The Morgan fingerprint density at radius 2 is 2.05 bits per heavy atom. The van der Waals surface area contributed by atoms with Crippen molar-refractivity contribution in [3.05, 3.63) is 24.0 Å². The monoisotopic (exact) mass is 313 g/mol. The van der Waals surface area contributed by atoms with E-state index >= 15 is 0 Å². The largest absolute Gasteiger partial charge is 0.396 e. The fourth-order valence-electron chi connectivity index (χ4n) is 1.85. The zero-order chi connectivity index (χ0) is 15.7. The maximum atomic E-state index is 13.0. The van der Waals surface area contributed by atoms with E-state index in [4.69, 9.17) is 5.73 Å². The van der Waals surface area contributed by atoms with Crippen molar-refractivity contribution in [1.82, 2.24) is 4.90 Å². The fourth-order valence-corrected chi connectivity index (χ4v) is 2.77. The Morgan fingerprint density at radius 1 is 1.33 bits per heavy atom. The molecule has 118 valence electrons. The van der Waals surface area contributed by atoms with E-state index in [-0.39, 0.29) is 11.6 Å². The van der Waals surface area contributed by atoms with Crippen LogP contribution in [-0.4, -0.2) is 41.9 Å². The molecule has 1 rings (SSSR count). The summed E-state index contributed by atoms with van der Waals surface area (Å²) in [7, 11) is 0. The molecule has 3 N–H and O–H groups in total. The first kappa shape index (κ1) is 17.8. The number of nitrogen functional groups attached to an aromatic ring is 1. The van der Waals surface area contributed by atoms with Crippen molar-refractivity contribution in [1.29, 1.82) is 0 Å². The zero-order valence-electron chi connectivity index (χ0n) is 12.7. The van der Waals surface area contributed by atoms with Crippen molar-refractivity contribution in [3.63, 3.8) is 0 Å². The second-order valence-electron chi connectivity index (χ2n) is 4.67. The van der Waals surface area contributed by atoms with Crippen LogP contribution >= 0.6 is 11.8 Å². The summed E-state index contributed by atoms with van der Waals surface area (Å²) in [5.41, 5.74) is 6.03. The summed E-state index contributed by atoms with van der Waals surface area (Å²) in [5.74, 6) is 1.26. The van der Waals surface area contributed by atoms with E-state index in [1.54, 1.807) is 11.8 Å². The van der Waals surface area contributed by atoms with E-state index in [0.717, 1.165) is 31.1 Å². The van der Waals surface area contributed by atoms with Crippen molar-refractivity contribution in [2.45, 2.75) is 20.3 Å². The van der Waals surface area contributed by atoms with Gasteiger partial charge < -0.3 is 16.0 Å². The summed E-state index contributed by atoms with van der Waals surface area (Å²) in [5, 5.41) is 2.72. The number of amides is 1. The first-order valence-corrected chi connectivity index (χ1v) is 8.37. The Kier molecular flexibility index (Phi) is 8.15. The maximum Gasteiger partial charge on any atom is 0.225 e. The minimum atomic E-state index is -0.472. The molecule has 0 unspecified atom stereocenters. The van der Waals surface area contributed by atoms with Crippen LogP contribution in [0.25, 0.3) is 0 Å². The van der Waals surface area contributed by atoms with Crippen molar-refractivity contribution in [3.8, 4) is 0 Å². The van der Waals surface area contributed by atoms with Crippen LogP contribution < -0.4 is 11.1 Å². The van der Waals surface area contributed by atoms with Crippen LogP contribution in [0, 0.1) is 5.82 Å². The van der Waals surface area contributed by atoms with Crippen LogP contribution in [-0.2, 0) is 4.79 Å². The van der Waals surface area contributed by atoms with Gasteiger partial charge in [0.2, 0.25) is 5.91 Å². The summed E-state index contributed by atoms with van der Waals surface area (Å²) in [4.78, 5) is 14.1. The summed E-state index contributed by atoms with van der Waals surface area (Å²) in [6.07, 6.45) is 0.445. The molecule has 0 radical (unpaired) electrons. The quantitative estimate of drug-likeness (QED) is 0.544. The number of thioether (sulfide) groups is 1. The fraction of sp³-hybridized carbons (Fsp3) is 0.533. The number of carbonyl (C=O) groups excluding carboxylic acids is 1. The molecule has 0 aromatic heterocycles. The van der Waals surface area contributed by atoms with Gasteiger partial charge in [0.15, 0.2) is 0 Å². The van der Waals surface area contributed by atoms with Gasteiger partial charge in [-0.15, -0.1) is 0 Å². The van der Waals surface area contributed by atoms with Gasteiger partial charge in [0.05, 0.1) is 5.69 Å². The van der Waals surface area contributed by atoms with Crippen molar-refractivity contribution >= 4 is 29.0 Å². The standard InChI is InChI=1S/C15H24FN3OS/c1-3-19(4-2)8-10-21-9-7-15(20)18-12-5-6-13(16)14(17)11-12/h5-6,11H,3-4,7-10,17H2,1-2H3,(H,18,20). The van der Waals surface area contributed by atoms with E-state index < -0.39 is 5.82 Å². The van der Waals surface area contributed by atoms with E-state index in [1.807, 2.05) is 0 Å². The summed E-state index contributed by atoms with van der Waals surface area (Å²) in [6, 6.07) is 4.20. The van der Waals surface area contributed by atoms with E-state index in [9.17, 15) is 9.18 Å². The van der Waals surface area contributed by atoms with Crippen LogP contribution in [0.2, 0.25) is 0 Å². The van der Waals surface area contributed by atoms with Crippen molar-refractivity contribution in [2.75, 3.05) is 42.2 Å². The lowest BCUT2D eigenvalue weighted by Gasteiger charge is -2.17. The molecule has 0 fully saturated rings. The molecule has 1 aromatic rings. The van der Waals surface area contributed by atoms with Crippen molar-refractivity contribution < 1.29 is 9.18 Å². The Balaban J connectivity index is 2.21. The topological polar surface area (TPSA) is 58.4 Å². The highest BCUT2D eigenvalue weighted by molar-refractivity contribution is 7.99. The highest BCUT2D eigenvalue weighted by Gasteiger charge is 2.05. The summed E-state index contributed by atoms with van der Waals surface area (Å²) >= 11 is 1.77. The lowest BCUT2D eigenvalue weighted by molar-refractivity contribution is -0.115. The van der Waals surface area contributed by atoms with Crippen LogP contribution in [0.1, 0.15) is 20.3 Å². The Hall–Kier alpha value is -1.27. The van der Waals surface area contributed by atoms with Gasteiger partial charge in [-0.3, -0.25) is 4.79 Å². The maximum absolute atomic E-state index is 13.0. The summed E-state index contributed by atoms with van der Waals surface area (Å²) in [6.45, 7) is 7.47. The highest BCUT2D eigenvalue weighted by Crippen LogP contribution is 2.16. The van der Waals surface area contributed by atoms with Gasteiger partial charge in [0.25, 0.3) is 0 Å². The normalized spacial score (nSPS) is 10.9.